The molecular formula is C20H28N2O4S. The van der Waals surface area contributed by atoms with Gasteiger partial charge >= 0.3 is 0 Å². The van der Waals surface area contributed by atoms with E-state index in [4.69, 9.17) is 0 Å². The molecule has 7 heteroatoms. The fourth-order valence-corrected chi connectivity index (χ4v) is 5.01. The molecule has 2 aliphatic rings. The smallest absolute Gasteiger partial charge is 0.224 e. The van der Waals surface area contributed by atoms with E-state index in [0.717, 1.165) is 32.1 Å². The fourth-order valence-electron chi connectivity index (χ4n) is 3.36. The Hall–Kier alpha value is -1.73. The number of piperidine rings is 1. The van der Waals surface area contributed by atoms with E-state index in [0.29, 0.717) is 37.2 Å². The number of amides is 1. The number of nitrogens with one attached hydrogen (secondary N) is 1. The van der Waals surface area contributed by atoms with Gasteiger partial charge in [0.25, 0.3) is 0 Å². The number of Topliss-reactive ketones (excluding diaryl/α,β-unsaturated/α-hetero) is 1. The van der Waals surface area contributed by atoms with Gasteiger partial charge in [-0.25, -0.2) is 12.7 Å². The van der Waals surface area contributed by atoms with Crippen LogP contribution in [0.25, 0.3) is 0 Å². The molecular weight excluding hydrogens is 364 g/mol. The van der Waals surface area contributed by atoms with Crippen LogP contribution in [0.4, 0.5) is 5.69 Å². The van der Waals surface area contributed by atoms with Gasteiger partial charge in [-0.15, -0.1) is 0 Å². The van der Waals surface area contributed by atoms with Gasteiger partial charge in [0.05, 0.1) is 5.75 Å². The van der Waals surface area contributed by atoms with E-state index in [2.05, 4.69) is 5.32 Å². The zero-order chi connectivity index (χ0) is 19.3. The van der Waals surface area contributed by atoms with Crippen molar-refractivity contribution >= 4 is 27.4 Å². The first-order chi connectivity index (χ1) is 13.0. The third-order valence-corrected chi connectivity index (χ3v) is 7.12. The van der Waals surface area contributed by atoms with Gasteiger partial charge in [0.15, 0.2) is 5.78 Å². The lowest BCUT2D eigenvalue weighted by Gasteiger charge is -2.25. The highest BCUT2D eigenvalue weighted by atomic mass is 32.2. The number of sulfonamides is 1. The minimum Gasteiger partial charge on any atom is -0.326 e. The molecule has 1 heterocycles. The van der Waals surface area contributed by atoms with Gasteiger partial charge in [0.1, 0.15) is 0 Å². The Kier molecular flexibility index (Phi) is 6.65. The molecule has 148 valence electrons. The number of hydrogen-bond acceptors (Lipinski definition) is 4. The van der Waals surface area contributed by atoms with Crippen molar-refractivity contribution < 1.29 is 18.0 Å². The average molecular weight is 393 g/mol. The first kappa shape index (κ1) is 20.0. The molecule has 1 saturated carbocycles. The molecule has 1 aliphatic heterocycles. The Morgan fingerprint density at radius 1 is 1.00 bits per heavy atom. The second kappa shape index (κ2) is 8.97. The van der Waals surface area contributed by atoms with Crippen molar-refractivity contribution in [2.45, 2.75) is 51.4 Å². The Morgan fingerprint density at radius 3 is 2.30 bits per heavy atom. The van der Waals surface area contributed by atoms with Gasteiger partial charge < -0.3 is 5.32 Å². The Balaban J connectivity index is 1.37. The highest BCUT2D eigenvalue weighted by Gasteiger charge is 2.30. The van der Waals surface area contributed by atoms with Crippen molar-refractivity contribution in [2.24, 2.45) is 5.92 Å². The highest BCUT2D eigenvalue weighted by molar-refractivity contribution is 7.89. The Labute approximate surface area is 161 Å². The molecule has 1 aromatic carbocycles. The number of benzene rings is 1. The average Bonchev–Trinajstić information content (AvgIpc) is 3.51. The van der Waals surface area contributed by atoms with Crippen LogP contribution in [-0.2, 0) is 14.8 Å². The van der Waals surface area contributed by atoms with E-state index >= 15 is 0 Å². The lowest BCUT2D eigenvalue weighted by atomic mass is 10.1. The van der Waals surface area contributed by atoms with Crippen LogP contribution in [-0.4, -0.2) is 43.3 Å². The van der Waals surface area contributed by atoms with E-state index in [1.165, 1.54) is 0 Å². The quantitative estimate of drug-likeness (QED) is 0.517. The molecule has 0 radical (unpaired) electrons. The van der Waals surface area contributed by atoms with E-state index in [1.807, 2.05) is 0 Å². The Morgan fingerprint density at radius 2 is 1.67 bits per heavy atom. The molecule has 0 bridgehead atoms. The molecule has 0 spiro atoms. The van der Waals surface area contributed by atoms with E-state index < -0.39 is 10.0 Å². The normalized spacial score (nSPS) is 18.2. The molecule has 1 amide bonds. The number of ketones is 1. The van der Waals surface area contributed by atoms with Crippen LogP contribution in [0.2, 0.25) is 0 Å². The summed E-state index contributed by atoms with van der Waals surface area (Å²) in [4.78, 5) is 24.0. The molecule has 6 nitrogen and oxygen atoms in total. The first-order valence-electron chi connectivity index (χ1n) is 9.88. The van der Waals surface area contributed by atoms with Crippen LogP contribution in [0.15, 0.2) is 24.3 Å². The minimum absolute atomic E-state index is 0.109. The molecule has 27 heavy (non-hydrogen) atoms. The maximum atomic E-state index is 12.3. The minimum atomic E-state index is -3.19. The molecule has 1 N–H and O–H groups in total. The van der Waals surface area contributed by atoms with Crippen molar-refractivity contribution in [3.8, 4) is 0 Å². The van der Waals surface area contributed by atoms with Crippen molar-refractivity contribution in [1.82, 2.24) is 4.31 Å². The molecule has 0 unspecified atom stereocenters. The zero-order valence-corrected chi connectivity index (χ0v) is 16.5. The van der Waals surface area contributed by atoms with E-state index in [9.17, 15) is 18.0 Å². The fraction of sp³-hybridized carbons (Fsp3) is 0.600. The summed E-state index contributed by atoms with van der Waals surface area (Å²) in [6, 6.07) is 6.99. The van der Waals surface area contributed by atoms with E-state index in [1.54, 1.807) is 28.6 Å². The topological polar surface area (TPSA) is 83.6 Å². The summed E-state index contributed by atoms with van der Waals surface area (Å²) in [7, 11) is -3.19. The van der Waals surface area contributed by atoms with Crippen LogP contribution >= 0.6 is 0 Å². The van der Waals surface area contributed by atoms with Gasteiger partial charge in [-0.3, -0.25) is 9.59 Å². The lowest BCUT2D eigenvalue weighted by Crippen LogP contribution is -2.37. The van der Waals surface area contributed by atoms with Crippen molar-refractivity contribution in [3.05, 3.63) is 29.8 Å². The number of rotatable bonds is 9. The molecule has 1 aliphatic carbocycles. The molecule has 3 rings (SSSR count). The predicted octanol–water partition coefficient (Wildman–Crippen LogP) is 3.20. The summed E-state index contributed by atoms with van der Waals surface area (Å²) in [5.74, 6) is 0.346. The monoisotopic (exact) mass is 392 g/mol. The molecule has 1 saturated heterocycles. The first-order valence-corrected chi connectivity index (χ1v) is 11.5. The van der Waals surface area contributed by atoms with Gasteiger partial charge in [-0.1, -0.05) is 6.42 Å². The van der Waals surface area contributed by atoms with Crippen LogP contribution in [0, 0.1) is 5.92 Å². The second-order valence-corrected chi connectivity index (χ2v) is 9.59. The molecule has 2 fully saturated rings. The van der Waals surface area contributed by atoms with Crippen LogP contribution < -0.4 is 5.32 Å². The molecule has 1 aromatic rings. The number of hydrogen-bond donors (Lipinski definition) is 1. The summed E-state index contributed by atoms with van der Waals surface area (Å²) < 4.78 is 26.1. The van der Waals surface area contributed by atoms with Crippen LogP contribution in [0.3, 0.4) is 0 Å². The predicted molar refractivity (Wildman–Crippen MR) is 105 cm³/mol. The third-order valence-electron chi connectivity index (χ3n) is 5.17. The van der Waals surface area contributed by atoms with Gasteiger partial charge in [0, 0.05) is 36.7 Å². The summed E-state index contributed by atoms with van der Waals surface area (Å²) in [6.07, 6.45) is 6.24. The lowest BCUT2D eigenvalue weighted by molar-refractivity contribution is -0.116. The number of carbonyl (C=O) groups is 2. The van der Waals surface area contributed by atoms with E-state index in [-0.39, 0.29) is 29.8 Å². The van der Waals surface area contributed by atoms with Crippen LogP contribution in [0.1, 0.15) is 61.7 Å². The van der Waals surface area contributed by atoms with Crippen LogP contribution in [0.5, 0.6) is 0 Å². The second-order valence-electron chi connectivity index (χ2n) is 7.50. The van der Waals surface area contributed by atoms with Crippen molar-refractivity contribution in [2.75, 3.05) is 24.2 Å². The summed E-state index contributed by atoms with van der Waals surface area (Å²) in [5, 5.41) is 2.80. The Bertz CT molecular complexity index is 764. The summed E-state index contributed by atoms with van der Waals surface area (Å²) in [5.41, 5.74) is 1.35. The molecule has 0 aromatic heterocycles. The number of unbranched alkanes of at least 4 members (excludes halogenated alkanes) is 1. The van der Waals surface area contributed by atoms with Crippen molar-refractivity contribution in [1.29, 1.82) is 0 Å². The molecule has 0 atom stereocenters. The number of carbonyl (C=O) groups excluding carboxylic acids is 2. The largest absolute Gasteiger partial charge is 0.326 e. The standard InChI is InChI=1S/C20H28N2O4S/c23-19(6-2-5-15-27(25,26)22-13-3-1-4-14-22)21-18-11-9-17(10-12-18)20(24)16-7-8-16/h9-12,16H,1-8,13-15H2,(H,21,23). The SMILES string of the molecule is O=C(CCCCS(=O)(=O)N1CCCCC1)Nc1ccc(C(=O)C2CC2)cc1. The zero-order valence-electron chi connectivity index (χ0n) is 15.7. The maximum absolute atomic E-state index is 12.3. The summed E-state index contributed by atoms with van der Waals surface area (Å²) in [6.45, 7) is 1.25. The van der Waals surface area contributed by atoms with Crippen molar-refractivity contribution in [3.63, 3.8) is 0 Å². The number of nitrogens with zero attached hydrogens (tertiary/aromatic N) is 1. The highest BCUT2D eigenvalue weighted by Crippen LogP contribution is 2.32. The maximum Gasteiger partial charge on any atom is 0.224 e. The summed E-state index contributed by atoms with van der Waals surface area (Å²) >= 11 is 0. The number of anilines is 1. The van der Waals surface area contributed by atoms with Gasteiger partial charge in [0.2, 0.25) is 15.9 Å². The van der Waals surface area contributed by atoms with Gasteiger partial charge in [-0.2, -0.15) is 0 Å². The third kappa shape index (κ3) is 5.87. The van der Waals surface area contributed by atoms with Gasteiger partial charge in [-0.05, 0) is 62.8 Å².